The number of hydrogen-bond donors (Lipinski definition) is 1. The molecule has 0 amide bonds. The van der Waals surface area contributed by atoms with E-state index in [1.807, 2.05) is 13.0 Å². The maximum atomic E-state index is 9.52. The quantitative estimate of drug-likeness (QED) is 0.568. The molecular formula is C11H11N3O. The molecule has 0 radical (unpaired) electrons. The summed E-state index contributed by atoms with van der Waals surface area (Å²) in [7, 11) is 0. The van der Waals surface area contributed by atoms with Gasteiger partial charge < -0.3 is 5.11 Å². The van der Waals surface area contributed by atoms with Gasteiger partial charge in [0.15, 0.2) is 0 Å². The van der Waals surface area contributed by atoms with Gasteiger partial charge in [-0.2, -0.15) is 0 Å². The Morgan fingerprint density at radius 3 is 2.87 bits per heavy atom. The van der Waals surface area contributed by atoms with Gasteiger partial charge in [-0.05, 0) is 19.1 Å². The number of aliphatic imine (C=N–C) groups is 1. The lowest BCUT2D eigenvalue weighted by molar-refractivity contribution is 0.477. The van der Waals surface area contributed by atoms with Crippen LogP contribution in [0.25, 0.3) is 0 Å². The third-order valence-electron chi connectivity index (χ3n) is 2.04. The fourth-order valence-corrected chi connectivity index (χ4v) is 1.24. The second-order valence-corrected chi connectivity index (χ2v) is 3.12. The molecule has 4 heteroatoms. The summed E-state index contributed by atoms with van der Waals surface area (Å²) in [5, 5.41) is 9.52. The zero-order valence-electron chi connectivity index (χ0n) is 8.33. The first-order chi connectivity index (χ1) is 7.27. The minimum atomic E-state index is 0.178. The predicted octanol–water partition coefficient (Wildman–Crippen LogP) is 2.19. The van der Waals surface area contributed by atoms with Crippen LogP contribution in [-0.2, 0) is 0 Å². The van der Waals surface area contributed by atoms with Crippen LogP contribution in [0.2, 0.25) is 0 Å². The van der Waals surface area contributed by atoms with Gasteiger partial charge in [-0.1, -0.05) is 12.1 Å². The van der Waals surface area contributed by atoms with Crippen LogP contribution in [0.5, 0.6) is 5.75 Å². The first-order valence-corrected chi connectivity index (χ1v) is 4.59. The lowest BCUT2D eigenvalue weighted by Crippen LogP contribution is -2.03. The topological polar surface area (TPSA) is 50.4 Å². The summed E-state index contributed by atoms with van der Waals surface area (Å²) in [4.78, 5) is 8.22. The summed E-state index contributed by atoms with van der Waals surface area (Å²) >= 11 is 0. The van der Waals surface area contributed by atoms with Gasteiger partial charge >= 0.3 is 0 Å². The lowest BCUT2D eigenvalue weighted by Gasteiger charge is -2.02. The van der Waals surface area contributed by atoms with Gasteiger partial charge in [0.1, 0.15) is 23.6 Å². The van der Waals surface area contributed by atoms with Crippen molar-refractivity contribution in [3.05, 3.63) is 43.0 Å². The zero-order valence-corrected chi connectivity index (χ0v) is 8.33. The number of rotatable bonds is 1. The Kier molecular flexibility index (Phi) is 2.49. The summed E-state index contributed by atoms with van der Waals surface area (Å²) < 4.78 is 1.78. The van der Waals surface area contributed by atoms with Gasteiger partial charge in [0.05, 0.1) is 0 Å². The van der Waals surface area contributed by atoms with Gasteiger partial charge in [-0.3, -0.25) is 4.57 Å². The molecule has 0 saturated carbocycles. The summed E-state index contributed by atoms with van der Waals surface area (Å²) in [5.41, 5.74) is 0.559. The van der Waals surface area contributed by atoms with Crippen LogP contribution >= 0.6 is 0 Å². The average molecular weight is 201 g/mol. The molecule has 0 aliphatic heterocycles. The summed E-state index contributed by atoms with van der Waals surface area (Å²) in [6, 6.07) is 6.97. The smallest absolute Gasteiger partial charge is 0.141 e. The van der Waals surface area contributed by atoms with Gasteiger partial charge in [-0.15, -0.1) is 0 Å². The number of imidazole rings is 1. The second-order valence-electron chi connectivity index (χ2n) is 3.12. The Morgan fingerprint density at radius 2 is 2.20 bits per heavy atom. The Labute approximate surface area is 87.5 Å². The minimum Gasteiger partial charge on any atom is -0.506 e. The molecule has 0 fully saturated rings. The number of aromatic nitrogens is 2. The van der Waals surface area contributed by atoms with E-state index in [0.29, 0.717) is 5.69 Å². The van der Waals surface area contributed by atoms with Gasteiger partial charge in [-0.25, -0.2) is 9.98 Å². The molecular weight excluding hydrogens is 190 g/mol. The Bertz CT molecular complexity index is 474. The first kappa shape index (κ1) is 9.45. The maximum Gasteiger partial charge on any atom is 0.141 e. The summed E-state index contributed by atoms with van der Waals surface area (Å²) in [6.45, 7) is 1.86. The second kappa shape index (κ2) is 3.96. The molecule has 2 aromatic rings. The highest BCUT2D eigenvalue weighted by Crippen LogP contribution is 2.25. The lowest BCUT2D eigenvalue weighted by atomic mass is 10.3. The molecule has 4 nitrogen and oxygen atoms in total. The van der Waals surface area contributed by atoms with E-state index in [1.165, 1.54) is 0 Å². The molecule has 1 aromatic carbocycles. The van der Waals surface area contributed by atoms with Crippen molar-refractivity contribution in [3.8, 4) is 5.75 Å². The van der Waals surface area contributed by atoms with Crippen LogP contribution in [0, 0.1) is 0 Å². The van der Waals surface area contributed by atoms with Crippen LogP contribution in [0.15, 0.2) is 48.0 Å². The van der Waals surface area contributed by atoms with Crippen LogP contribution in [0.4, 0.5) is 5.69 Å². The molecule has 0 atom stereocenters. The van der Waals surface area contributed by atoms with E-state index in [-0.39, 0.29) is 5.75 Å². The van der Waals surface area contributed by atoms with E-state index in [1.54, 1.807) is 41.5 Å². The zero-order chi connectivity index (χ0) is 10.7. The fourth-order valence-electron chi connectivity index (χ4n) is 1.24. The van der Waals surface area contributed by atoms with E-state index in [2.05, 4.69) is 9.98 Å². The van der Waals surface area contributed by atoms with Crippen molar-refractivity contribution < 1.29 is 5.11 Å². The van der Waals surface area contributed by atoms with E-state index >= 15 is 0 Å². The molecule has 15 heavy (non-hydrogen) atoms. The van der Waals surface area contributed by atoms with E-state index < -0.39 is 0 Å². The summed E-state index contributed by atoms with van der Waals surface area (Å²) in [5.74, 6) is 0.936. The molecule has 0 bridgehead atoms. The minimum absolute atomic E-state index is 0.178. The van der Waals surface area contributed by atoms with E-state index in [4.69, 9.17) is 0 Å². The van der Waals surface area contributed by atoms with Gasteiger partial charge in [0.25, 0.3) is 0 Å². The number of para-hydroxylation sites is 2. The highest BCUT2D eigenvalue weighted by Gasteiger charge is 1.99. The highest BCUT2D eigenvalue weighted by molar-refractivity contribution is 5.85. The molecule has 0 aliphatic carbocycles. The Hall–Kier alpha value is -2.10. The third-order valence-corrected chi connectivity index (χ3v) is 2.04. The van der Waals surface area contributed by atoms with Crippen LogP contribution < -0.4 is 0 Å². The molecule has 0 spiro atoms. The monoisotopic (exact) mass is 201 g/mol. The molecule has 76 valence electrons. The van der Waals surface area contributed by atoms with Crippen molar-refractivity contribution in [1.29, 1.82) is 0 Å². The Morgan fingerprint density at radius 1 is 1.40 bits per heavy atom. The molecule has 1 N–H and O–H groups in total. The van der Waals surface area contributed by atoms with Crippen molar-refractivity contribution in [2.24, 2.45) is 4.99 Å². The summed E-state index contributed by atoms with van der Waals surface area (Å²) in [6.07, 6.45) is 5.15. The van der Waals surface area contributed by atoms with Crippen LogP contribution in [0.1, 0.15) is 6.92 Å². The number of benzene rings is 1. The molecule has 2 rings (SSSR count). The third kappa shape index (κ3) is 2.04. The number of phenolic OH excluding ortho intramolecular Hbond substituents is 1. The first-order valence-electron chi connectivity index (χ1n) is 4.59. The highest BCUT2D eigenvalue weighted by atomic mass is 16.3. The largest absolute Gasteiger partial charge is 0.506 e. The maximum absolute atomic E-state index is 9.52. The van der Waals surface area contributed by atoms with Crippen molar-refractivity contribution in [3.63, 3.8) is 0 Å². The van der Waals surface area contributed by atoms with Crippen molar-refractivity contribution >= 4 is 11.5 Å². The molecule has 0 aliphatic rings. The van der Waals surface area contributed by atoms with Crippen molar-refractivity contribution in [1.82, 2.24) is 9.55 Å². The van der Waals surface area contributed by atoms with Gasteiger partial charge in [0.2, 0.25) is 0 Å². The standard InChI is InChI=1S/C11H11N3O/c1-9(14-7-6-12-8-14)13-10-4-2-3-5-11(10)15/h2-8,15H,1H3. The van der Waals surface area contributed by atoms with Crippen molar-refractivity contribution in [2.45, 2.75) is 6.92 Å². The Balaban J connectivity index is 2.35. The normalized spacial score (nSPS) is 11.7. The SMILES string of the molecule is CC(=Nc1ccccc1O)n1ccnc1. The predicted molar refractivity (Wildman–Crippen MR) is 58.5 cm³/mol. The molecule has 1 heterocycles. The number of nitrogens with zero attached hydrogens (tertiary/aromatic N) is 3. The number of hydrogen-bond acceptors (Lipinski definition) is 3. The molecule has 0 unspecified atom stereocenters. The molecule has 0 saturated heterocycles. The average Bonchev–Trinajstić information content (AvgIpc) is 2.74. The van der Waals surface area contributed by atoms with Crippen LogP contribution in [0.3, 0.4) is 0 Å². The number of phenols is 1. The van der Waals surface area contributed by atoms with E-state index in [9.17, 15) is 5.11 Å². The van der Waals surface area contributed by atoms with Crippen molar-refractivity contribution in [2.75, 3.05) is 0 Å². The number of aromatic hydroxyl groups is 1. The van der Waals surface area contributed by atoms with Gasteiger partial charge in [0, 0.05) is 12.4 Å². The molecule has 1 aromatic heterocycles. The van der Waals surface area contributed by atoms with E-state index in [0.717, 1.165) is 5.84 Å². The van der Waals surface area contributed by atoms with Crippen LogP contribution in [-0.4, -0.2) is 20.5 Å². The fraction of sp³-hybridized carbons (Fsp3) is 0.0909.